The van der Waals surface area contributed by atoms with Crippen LogP contribution in [0.15, 0.2) is 89.9 Å². The molecule has 0 N–H and O–H groups in total. The predicted octanol–water partition coefficient (Wildman–Crippen LogP) is 4.53. The molecule has 0 aliphatic rings. The zero-order valence-electron chi connectivity index (χ0n) is 20.6. The maximum Gasteiger partial charge on any atom is 0.291 e. The van der Waals surface area contributed by atoms with Crippen LogP contribution in [0.2, 0.25) is 0 Å². The van der Waals surface area contributed by atoms with E-state index in [1.54, 1.807) is 29.1 Å². The smallest absolute Gasteiger partial charge is 0.291 e. The second-order valence-electron chi connectivity index (χ2n) is 8.52. The number of nitro groups is 1. The van der Waals surface area contributed by atoms with Gasteiger partial charge in [-0.25, -0.2) is 4.68 Å². The second kappa shape index (κ2) is 9.95. The van der Waals surface area contributed by atoms with Gasteiger partial charge >= 0.3 is 0 Å². The lowest BCUT2D eigenvalue weighted by Crippen LogP contribution is -2.23. The molecule has 0 atom stereocenters. The Bertz CT molecular complexity index is 1930. The molecule has 0 saturated heterocycles. The molecule has 6 aromatic rings. The van der Waals surface area contributed by atoms with E-state index in [1.165, 1.54) is 28.0 Å². The average molecular weight is 537 g/mol. The Balaban J connectivity index is 1.45. The first-order chi connectivity index (χ1) is 19.0. The molecule has 0 bridgehead atoms. The highest BCUT2D eigenvalue weighted by Crippen LogP contribution is 2.27. The lowest BCUT2D eigenvalue weighted by atomic mass is 10.1. The first kappa shape index (κ1) is 24.2. The van der Waals surface area contributed by atoms with Gasteiger partial charge in [-0.2, -0.15) is 14.6 Å². The van der Waals surface area contributed by atoms with Crippen LogP contribution in [0.3, 0.4) is 0 Å². The molecule has 39 heavy (non-hydrogen) atoms. The molecule has 3 aromatic carbocycles. The summed E-state index contributed by atoms with van der Waals surface area (Å²) in [7, 11) is 0. The SMILES string of the molecule is CCOc1ccc(-c2nc3sc(=Cc4cn(-c5ccccc5)nc4-c4cccc([N+](=O)[O-])c4)c(=O)n3n2)cc1. The fourth-order valence-electron chi connectivity index (χ4n) is 4.16. The number of nitro benzene ring substituents is 1. The Kier molecular flexibility index (Phi) is 6.17. The van der Waals surface area contributed by atoms with Gasteiger partial charge in [-0.3, -0.25) is 14.9 Å². The second-order valence-corrected chi connectivity index (χ2v) is 9.53. The maximum atomic E-state index is 13.3. The number of fused-ring (bicyclic) bond motifs is 1. The van der Waals surface area contributed by atoms with Crippen molar-refractivity contribution in [3.05, 3.63) is 116 Å². The van der Waals surface area contributed by atoms with Crippen molar-refractivity contribution in [2.45, 2.75) is 6.92 Å². The Morgan fingerprint density at radius 1 is 1.00 bits per heavy atom. The minimum absolute atomic E-state index is 0.0437. The topological polar surface area (TPSA) is 117 Å². The summed E-state index contributed by atoms with van der Waals surface area (Å²) >= 11 is 1.21. The summed E-state index contributed by atoms with van der Waals surface area (Å²) in [6, 6.07) is 23.1. The lowest BCUT2D eigenvalue weighted by molar-refractivity contribution is -0.384. The van der Waals surface area contributed by atoms with Crippen LogP contribution >= 0.6 is 11.3 Å². The number of thiazole rings is 1. The quantitative estimate of drug-likeness (QED) is 0.217. The number of ether oxygens (including phenoxy) is 1. The largest absolute Gasteiger partial charge is 0.494 e. The van der Waals surface area contributed by atoms with Gasteiger partial charge in [0, 0.05) is 35.0 Å². The molecule has 11 heteroatoms. The third-order valence-corrected chi connectivity index (χ3v) is 6.94. The molecule has 3 aromatic heterocycles. The van der Waals surface area contributed by atoms with Gasteiger partial charge in [-0.15, -0.1) is 5.10 Å². The minimum Gasteiger partial charge on any atom is -0.494 e. The van der Waals surface area contributed by atoms with Crippen molar-refractivity contribution in [2.75, 3.05) is 6.61 Å². The van der Waals surface area contributed by atoms with Gasteiger partial charge in [0.15, 0.2) is 5.82 Å². The molecule has 0 fully saturated rings. The molecule has 10 nitrogen and oxygen atoms in total. The van der Waals surface area contributed by atoms with Crippen LogP contribution < -0.4 is 14.8 Å². The van der Waals surface area contributed by atoms with E-state index in [9.17, 15) is 14.9 Å². The number of aromatic nitrogens is 5. The van der Waals surface area contributed by atoms with Crippen LogP contribution in [-0.4, -0.2) is 35.9 Å². The third-order valence-electron chi connectivity index (χ3n) is 5.99. The lowest BCUT2D eigenvalue weighted by Gasteiger charge is -2.02. The van der Waals surface area contributed by atoms with Crippen molar-refractivity contribution in [1.29, 1.82) is 0 Å². The summed E-state index contributed by atoms with van der Waals surface area (Å²) in [4.78, 5) is 29.2. The van der Waals surface area contributed by atoms with Crippen LogP contribution in [0.4, 0.5) is 5.69 Å². The van der Waals surface area contributed by atoms with E-state index in [0.29, 0.717) is 38.7 Å². The van der Waals surface area contributed by atoms with Crippen LogP contribution in [-0.2, 0) is 0 Å². The number of rotatable bonds is 7. The Morgan fingerprint density at radius 3 is 2.51 bits per heavy atom. The monoisotopic (exact) mass is 536 g/mol. The first-order valence-corrected chi connectivity index (χ1v) is 12.9. The van der Waals surface area contributed by atoms with E-state index < -0.39 is 4.92 Å². The fraction of sp³-hybridized carbons (Fsp3) is 0.0714. The van der Waals surface area contributed by atoms with E-state index in [2.05, 4.69) is 10.1 Å². The molecular formula is C28H20N6O4S. The van der Waals surface area contributed by atoms with Gasteiger partial charge in [0.05, 0.1) is 21.7 Å². The van der Waals surface area contributed by atoms with Crippen molar-refractivity contribution >= 4 is 28.1 Å². The third kappa shape index (κ3) is 4.66. The van der Waals surface area contributed by atoms with E-state index in [4.69, 9.17) is 9.84 Å². The first-order valence-electron chi connectivity index (χ1n) is 12.0. The summed E-state index contributed by atoms with van der Waals surface area (Å²) in [5.41, 5.74) is 2.94. The molecule has 0 amide bonds. The molecule has 0 saturated carbocycles. The van der Waals surface area contributed by atoms with Crippen molar-refractivity contribution in [3.8, 4) is 34.1 Å². The summed E-state index contributed by atoms with van der Waals surface area (Å²) in [6.45, 7) is 2.49. The van der Waals surface area contributed by atoms with Crippen LogP contribution in [0, 0.1) is 10.1 Å². The van der Waals surface area contributed by atoms with Gasteiger partial charge in [0.1, 0.15) is 11.4 Å². The van der Waals surface area contributed by atoms with Crippen molar-refractivity contribution in [2.24, 2.45) is 0 Å². The Morgan fingerprint density at radius 2 is 1.79 bits per heavy atom. The minimum atomic E-state index is -0.446. The van der Waals surface area contributed by atoms with Crippen molar-refractivity contribution in [3.63, 3.8) is 0 Å². The number of hydrogen-bond acceptors (Lipinski definition) is 8. The van der Waals surface area contributed by atoms with Crippen LogP contribution in [0.5, 0.6) is 5.75 Å². The number of hydrogen-bond donors (Lipinski definition) is 0. The highest BCUT2D eigenvalue weighted by Gasteiger charge is 2.17. The summed E-state index contributed by atoms with van der Waals surface area (Å²) in [5, 5.41) is 20.5. The molecule has 0 spiro atoms. The predicted molar refractivity (Wildman–Crippen MR) is 148 cm³/mol. The van der Waals surface area contributed by atoms with Crippen molar-refractivity contribution in [1.82, 2.24) is 24.4 Å². The normalized spacial score (nSPS) is 11.8. The molecular weight excluding hydrogens is 516 g/mol. The zero-order valence-corrected chi connectivity index (χ0v) is 21.4. The summed E-state index contributed by atoms with van der Waals surface area (Å²) in [5.74, 6) is 1.20. The highest BCUT2D eigenvalue weighted by atomic mass is 32.1. The molecule has 6 rings (SSSR count). The van der Waals surface area contributed by atoms with E-state index >= 15 is 0 Å². The number of nitrogens with zero attached hydrogens (tertiary/aromatic N) is 6. The number of non-ortho nitro benzene ring substituents is 1. The molecule has 0 unspecified atom stereocenters. The van der Waals surface area contributed by atoms with Gasteiger partial charge in [-0.05, 0) is 49.4 Å². The standard InChI is InChI=1S/C28H20N6O4S/c1-2-38-23-13-11-18(12-14-23)26-29-28-33(31-26)27(35)24(39-28)16-20-17-32(21-8-4-3-5-9-21)30-25(20)19-7-6-10-22(15-19)34(36)37/h3-17H,2H2,1H3. The average Bonchev–Trinajstić information content (AvgIpc) is 3.65. The molecule has 0 radical (unpaired) electrons. The van der Waals surface area contributed by atoms with Crippen LogP contribution in [0.25, 0.3) is 39.4 Å². The van der Waals surface area contributed by atoms with Crippen molar-refractivity contribution < 1.29 is 9.66 Å². The Hall–Kier alpha value is -5.16. The maximum absolute atomic E-state index is 13.3. The van der Waals surface area contributed by atoms with E-state index in [1.807, 2.05) is 61.5 Å². The number of para-hydroxylation sites is 1. The van der Waals surface area contributed by atoms with Gasteiger partial charge < -0.3 is 4.74 Å². The van der Waals surface area contributed by atoms with E-state index in [0.717, 1.165) is 17.0 Å². The van der Waals surface area contributed by atoms with Gasteiger partial charge in [0.25, 0.3) is 11.2 Å². The van der Waals surface area contributed by atoms with Gasteiger partial charge in [0.2, 0.25) is 4.96 Å². The molecule has 0 aliphatic heterocycles. The number of benzene rings is 3. The van der Waals surface area contributed by atoms with Crippen LogP contribution in [0.1, 0.15) is 12.5 Å². The summed E-state index contributed by atoms with van der Waals surface area (Å²) in [6.07, 6.45) is 3.52. The molecule has 192 valence electrons. The summed E-state index contributed by atoms with van der Waals surface area (Å²) < 4.78 is 8.88. The zero-order chi connectivity index (χ0) is 26.9. The highest BCUT2D eigenvalue weighted by molar-refractivity contribution is 7.15. The molecule has 0 aliphatic carbocycles. The van der Waals surface area contributed by atoms with Gasteiger partial charge in [-0.1, -0.05) is 41.7 Å². The molecule has 3 heterocycles. The fourth-order valence-corrected chi connectivity index (χ4v) is 5.06. The Labute approximate surface area is 225 Å². The van der Waals surface area contributed by atoms with E-state index in [-0.39, 0.29) is 11.2 Å².